The van der Waals surface area contributed by atoms with Crippen molar-refractivity contribution in [3.05, 3.63) is 70.8 Å². The van der Waals surface area contributed by atoms with Gasteiger partial charge in [0.1, 0.15) is 6.10 Å². The Hall–Kier alpha value is -3.03. The summed E-state index contributed by atoms with van der Waals surface area (Å²) >= 11 is 0. The van der Waals surface area contributed by atoms with Crippen LogP contribution in [0.25, 0.3) is 0 Å². The van der Waals surface area contributed by atoms with Crippen molar-refractivity contribution in [2.24, 2.45) is 0 Å². The van der Waals surface area contributed by atoms with Gasteiger partial charge in [-0.05, 0) is 44.0 Å². The van der Waals surface area contributed by atoms with E-state index < -0.39 is 0 Å². The van der Waals surface area contributed by atoms with Crippen molar-refractivity contribution in [3.63, 3.8) is 0 Å². The minimum atomic E-state index is -0.353. The van der Waals surface area contributed by atoms with Crippen LogP contribution in [0.15, 0.2) is 48.5 Å². The quantitative estimate of drug-likeness (QED) is 0.492. The molecule has 0 aromatic heterocycles. The molecule has 2 aliphatic rings. The first kappa shape index (κ1) is 22.2. The molecule has 4 rings (SSSR count). The molecule has 1 atom stereocenters. The Bertz CT molecular complexity index is 1000. The first-order valence-electron chi connectivity index (χ1n) is 11.0. The fraction of sp³-hybridized carbons (Fsp3) is 0.400. The molecular weight excluding hydrogens is 408 g/mol. The van der Waals surface area contributed by atoms with E-state index in [0.29, 0.717) is 56.0 Å². The zero-order chi connectivity index (χ0) is 22.7. The van der Waals surface area contributed by atoms with Crippen LogP contribution in [-0.4, -0.2) is 66.5 Å². The Morgan fingerprint density at radius 2 is 1.84 bits per heavy atom. The third kappa shape index (κ3) is 4.59. The summed E-state index contributed by atoms with van der Waals surface area (Å²) in [6.45, 7) is 6.02. The van der Waals surface area contributed by atoms with Crippen LogP contribution in [0.4, 0.5) is 0 Å². The molecule has 2 aliphatic heterocycles. The monoisotopic (exact) mass is 436 g/mol. The first-order chi connectivity index (χ1) is 15.5. The molecule has 1 unspecified atom stereocenters. The number of hydrogen-bond donors (Lipinski definition) is 0. The van der Waals surface area contributed by atoms with Crippen LogP contribution in [-0.2, 0) is 9.47 Å². The molecule has 0 N–H and O–H groups in total. The summed E-state index contributed by atoms with van der Waals surface area (Å²) in [6, 6.07) is 14.6. The van der Waals surface area contributed by atoms with Crippen LogP contribution in [0.3, 0.4) is 0 Å². The van der Waals surface area contributed by atoms with E-state index >= 15 is 0 Å². The molecule has 0 aliphatic carbocycles. The van der Waals surface area contributed by atoms with Crippen LogP contribution in [0.2, 0.25) is 0 Å². The van der Waals surface area contributed by atoms with Gasteiger partial charge in [0.05, 0.1) is 30.4 Å². The van der Waals surface area contributed by atoms with Crippen molar-refractivity contribution in [1.82, 2.24) is 9.80 Å². The standard InChI is InChI=1S/C25H28N2O5/c1-17(2)31-13-6-11-27-24(29)20-10-9-19(15-21(20)25(27)30)23(28)26-12-14-32-22(16-26)18-7-4-3-5-8-18/h3-5,7-10,15,17,22H,6,11-14,16H2,1-2H3. The Balaban J connectivity index is 1.45. The van der Waals surface area contributed by atoms with Gasteiger partial charge in [-0.2, -0.15) is 0 Å². The number of rotatable bonds is 7. The maximum atomic E-state index is 13.2. The summed E-state index contributed by atoms with van der Waals surface area (Å²) in [5.41, 5.74) is 2.07. The number of imide groups is 1. The largest absolute Gasteiger partial charge is 0.379 e. The van der Waals surface area contributed by atoms with E-state index in [1.165, 1.54) is 4.90 Å². The third-order valence-corrected chi connectivity index (χ3v) is 5.72. The van der Waals surface area contributed by atoms with Crippen molar-refractivity contribution >= 4 is 17.7 Å². The van der Waals surface area contributed by atoms with Gasteiger partial charge in [-0.1, -0.05) is 30.3 Å². The molecule has 3 amide bonds. The molecule has 32 heavy (non-hydrogen) atoms. The van der Waals surface area contributed by atoms with Gasteiger partial charge in [-0.25, -0.2) is 0 Å². The Labute approximate surface area is 187 Å². The van der Waals surface area contributed by atoms with Gasteiger partial charge in [0, 0.05) is 25.3 Å². The minimum Gasteiger partial charge on any atom is -0.379 e. The molecule has 1 fully saturated rings. The molecule has 0 spiro atoms. The van der Waals surface area contributed by atoms with E-state index in [4.69, 9.17) is 9.47 Å². The molecule has 0 radical (unpaired) electrons. The van der Waals surface area contributed by atoms with Gasteiger partial charge in [0.15, 0.2) is 0 Å². The summed E-state index contributed by atoms with van der Waals surface area (Å²) in [4.78, 5) is 41.7. The van der Waals surface area contributed by atoms with Crippen molar-refractivity contribution in [2.45, 2.75) is 32.5 Å². The topological polar surface area (TPSA) is 76.2 Å². The molecule has 2 aromatic rings. The third-order valence-electron chi connectivity index (χ3n) is 5.72. The fourth-order valence-corrected chi connectivity index (χ4v) is 4.05. The number of benzene rings is 2. The van der Waals surface area contributed by atoms with Crippen LogP contribution in [0, 0.1) is 0 Å². The van der Waals surface area contributed by atoms with Gasteiger partial charge in [-0.3, -0.25) is 19.3 Å². The molecule has 168 valence electrons. The number of ether oxygens (including phenoxy) is 2. The predicted octanol–water partition coefficient (Wildman–Crippen LogP) is 3.31. The molecule has 0 saturated carbocycles. The summed E-state index contributed by atoms with van der Waals surface area (Å²) in [7, 11) is 0. The van der Waals surface area contributed by atoms with Gasteiger partial charge in [0.2, 0.25) is 0 Å². The zero-order valence-electron chi connectivity index (χ0n) is 18.5. The number of carbonyl (C=O) groups is 3. The molecule has 1 saturated heterocycles. The summed E-state index contributed by atoms with van der Waals surface area (Å²) in [5, 5.41) is 0. The highest BCUT2D eigenvalue weighted by Gasteiger charge is 2.36. The summed E-state index contributed by atoms with van der Waals surface area (Å²) in [5.74, 6) is -0.835. The molecule has 7 nitrogen and oxygen atoms in total. The van der Waals surface area contributed by atoms with E-state index in [0.717, 1.165) is 5.56 Å². The zero-order valence-corrected chi connectivity index (χ0v) is 18.5. The van der Waals surface area contributed by atoms with E-state index in [1.54, 1.807) is 23.1 Å². The SMILES string of the molecule is CC(C)OCCCN1C(=O)c2ccc(C(=O)N3CCOC(c4ccccc4)C3)cc2C1=O. The van der Waals surface area contributed by atoms with Crippen LogP contribution < -0.4 is 0 Å². The number of fused-ring (bicyclic) bond motifs is 1. The lowest BCUT2D eigenvalue weighted by Crippen LogP contribution is -2.42. The van der Waals surface area contributed by atoms with Crippen molar-refractivity contribution < 1.29 is 23.9 Å². The molecule has 7 heteroatoms. The summed E-state index contributed by atoms with van der Waals surface area (Å²) in [6.07, 6.45) is 0.492. The summed E-state index contributed by atoms with van der Waals surface area (Å²) < 4.78 is 11.3. The van der Waals surface area contributed by atoms with E-state index in [-0.39, 0.29) is 29.9 Å². The number of nitrogens with zero attached hydrogens (tertiary/aromatic N) is 2. The average Bonchev–Trinajstić information content (AvgIpc) is 3.06. The molecule has 2 aromatic carbocycles. The number of carbonyl (C=O) groups excluding carboxylic acids is 3. The highest BCUT2D eigenvalue weighted by Crippen LogP contribution is 2.27. The van der Waals surface area contributed by atoms with Crippen LogP contribution in [0.5, 0.6) is 0 Å². The Morgan fingerprint density at radius 3 is 2.59 bits per heavy atom. The van der Waals surface area contributed by atoms with Crippen LogP contribution >= 0.6 is 0 Å². The van der Waals surface area contributed by atoms with E-state index in [2.05, 4.69) is 0 Å². The van der Waals surface area contributed by atoms with Gasteiger partial charge >= 0.3 is 0 Å². The fourth-order valence-electron chi connectivity index (χ4n) is 4.05. The second-order valence-corrected chi connectivity index (χ2v) is 8.32. The smallest absolute Gasteiger partial charge is 0.261 e. The van der Waals surface area contributed by atoms with Crippen molar-refractivity contribution in [2.75, 3.05) is 32.8 Å². The lowest BCUT2D eigenvalue weighted by Gasteiger charge is -2.33. The molecular formula is C25H28N2O5. The second-order valence-electron chi connectivity index (χ2n) is 8.32. The number of hydrogen-bond acceptors (Lipinski definition) is 5. The maximum Gasteiger partial charge on any atom is 0.261 e. The maximum absolute atomic E-state index is 13.2. The number of amides is 3. The highest BCUT2D eigenvalue weighted by atomic mass is 16.5. The van der Waals surface area contributed by atoms with E-state index in [1.807, 2.05) is 44.2 Å². The van der Waals surface area contributed by atoms with Gasteiger partial charge < -0.3 is 14.4 Å². The lowest BCUT2D eigenvalue weighted by atomic mass is 10.0. The minimum absolute atomic E-state index is 0.104. The highest BCUT2D eigenvalue weighted by molar-refractivity contribution is 6.22. The number of morpholine rings is 1. The lowest BCUT2D eigenvalue weighted by molar-refractivity contribution is -0.0228. The Kier molecular flexibility index (Phi) is 6.67. The van der Waals surface area contributed by atoms with Gasteiger partial charge in [0.25, 0.3) is 17.7 Å². The van der Waals surface area contributed by atoms with Crippen molar-refractivity contribution in [1.29, 1.82) is 0 Å². The van der Waals surface area contributed by atoms with Gasteiger partial charge in [-0.15, -0.1) is 0 Å². The average molecular weight is 437 g/mol. The Morgan fingerprint density at radius 1 is 1.09 bits per heavy atom. The second kappa shape index (κ2) is 9.63. The predicted molar refractivity (Wildman–Crippen MR) is 119 cm³/mol. The normalized spacial score (nSPS) is 18.4. The van der Waals surface area contributed by atoms with E-state index in [9.17, 15) is 14.4 Å². The van der Waals surface area contributed by atoms with Crippen molar-refractivity contribution in [3.8, 4) is 0 Å². The van der Waals surface area contributed by atoms with Crippen LogP contribution in [0.1, 0.15) is 63.0 Å². The molecule has 0 bridgehead atoms. The first-order valence-corrected chi connectivity index (χ1v) is 11.0. The molecule has 2 heterocycles.